The van der Waals surface area contributed by atoms with Gasteiger partial charge in [-0.2, -0.15) is 5.10 Å². The first kappa shape index (κ1) is 20.1. The molecule has 0 bridgehead atoms. The highest BCUT2D eigenvalue weighted by atomic mass is 16.5. The van der Waals surface area contributed by atoms with E-state index < -0.39 is 0 Å². The fraction of sp³-hybridized carbons (Fsp3) is 0.429. The maximum Gasteiger partial charge on any atom is 0.227 e. The van der Waals surface area contributed by atoms with E-state index in [2.05, 4.69) is 25.7 Å². The van der Waals surface area contributed by atoms with Crippen LogP contribution in [-0.2, 0) is 14.3 Å². The first-order valence-electron chi connectivity index (χ1n) is 10.2. The Kier molecular flexibility index (Phi) is 6.38. The van der Waals surface area contributed by atoms with Crippen LogP contribution in [0.4, 0.5) is 17.2 Å². The molecular formula is C21H26N6O3. The predicted octanol–water partition coefficient (Wildman–Crippen LogP) is 0.894. The standard InChI is InChI=1S/C21H26N6O3/c28-20-12-16(15-27(20)17-4-2-1-3-5-17)21(29)23-7-6-22-19-13-18(14-24-25-19)26-8-10-30-11-9-26/h1-5,13-14,16H,6-12,15H2,(H,22,25)(H,23,29). The van der Waals surface area contributed by atoms with Gasteiger partial charge in [-0.1, -0.05) is 18.2 Å². The molecule has 3 heterocycles. The molecule has 9 nitrogen and oxygen atoms in total. The van der Waals surface area contributed by atoms with E-state index in [0.29, 0.717) is 38.7 Å². The van der Waals surface area contributed by atoms with E-state index in [0.717, 1.165) is 24.5 Å². The molecule has 30 heavy (non-hydrogen) atoms. The highest BCUT2D eigenvalue weighted by molar-refractivity contribution is 6.00. The topological polar surface area (TPSA) is 99.7 Å². The maximum atomic E-state index is 12.5. The van der Waals surface area contributed by atoms with Crippen LogP contribution >= 0.6 is 0 Å². The van der Waals surface area contributed by atoms with Gasteiger partial charge < -0.3 is 25.2 Å². The van der Waals surface area contributed by atoms with Crippen molar-refractivity contribution in [1.29, 1.82) is 0 Å². The minimum atomic E-state index is -0.331. The number of nitrogens with one attached hydrogen (secondary N) is 2. The Morgan fingerprint density at radius 3 is 2.73 bits per heavy atom. The Hall–Kier alpha value is -3.20. The summed E-state index contributed by atoms with van der Waals surface area (Å²) in [4.78, 5) is 28.6. The molecule has 2 N–H and O–H groups in total. The normalized spacial score (nSPS) is 19.1. The van der Waals surface area contributed by atoms with Gasteiger partial charge in [0.15, 0.2) is 5.82 Å². The molecule has 0 spiro atoms. The molecule has 0 radical (unpaired) electrons. The highest BCUT2D eigenvalue weighted by Crippen LogP contribution is 2.24. The summed E-state index contributed by atoms with van der Waals surface area (Å²) >= 11 is 0. The van der Waals surface area contributed by atoms with Crippen LogP contribution < -0.4 is 20.4 Å². The molecule has 2 saturated heterocycles. The molecule has 0 saturated carbocycles. The molecule has 1 unspecified atom stereocenters. The monoisotopic (exact) mass is 410 g/mol. The third-order valence-electron chi connectivity index (χ3n) is 5.31. The molecule has 2 fully saturated rings. The number of hydrogen-bond acceptors (Lipinski definition) is 7. The van der Waals surface area contributed by atoms with E-state index in [9.17, 15) is 9.59 Å². The number of hydrogen-bond donors (Lipinski definition) is 2. The van der Waals surface area contributed by atoms with Crippen LogP contribution in [0.3, 0.4) is 0 Å². The number of aromatic nitrogens is 2. The highest BCUT2D eigenvalue weighted by Gasteiger charge is 2.34. The molecule has 4 rings (SSSR count). The lowest BCUT2D eigenvalue weighted by Gasteiger charge is -2.28. The number of amides is 2. The third-order valence-corrected chi connectivity index (χ3v) is 5.31. The van der Waals surface area contributed by atoms with Gasteiger partial charge >= 0.3 is 0 Å². The summed E-state index contributed by atoms with van der Waals surface area (Å²) < 4.78 is 5.38. The molecule has 1 atom stereocenters. The lowest BCUT2D eigenvalue weighted by molar-refractivity contribution is -0.126. The minimum Gasteiger partial charge on any atom is -0.378 e. The van der Waals surface area contributed by atoms with Gasteiger partial charge in [-0.05, 0) is 12.1 Å². The fourth-order valence-electron chi connectivity index (χ4n) is 3.70. The zero-order chi connectivity index (χ0) is 20.8. The zero-order valence-corrected chi connectivity index (χ0v) is 16.8. The van der Waals surface area contributed by atoms with E-state index in [-0.39, 0.29) is 24.2 Å². The first-order valence-corrected chi connectivity index (χ1v) is 10.2. The van der Waals surface area contributed by atoms with Crippen LogP contribution in [0.1, 0.15) is 6.42 Å². The van der Waals surface area contributed by atoms with Crippen LogP contribution in [0.15, 0.2) is 42.6 Å². The summed E-state index contributed by atoms with van der Waals surface area (Å²) in [6.07, 6.45) is 1.98. The summed E-state index contributed by atoms with van der Waals surface area (Å²) in [6, 6.07) is 11.4. The predicted molar refractivity (Wildman–Crippen MR) is 113 cm³/mol. The van der Waals surface area contributed by atoms with Crippen LogP contribution in [0.25, 0.3) is 0 Å². The lowest BCUT2D eigenvalue weighted by Crippen LogP contribution is -2.36. The number of rotatable bonds is 7. The maximum absolute atomic E-state index is 12.5. The summed E-state index contributed by atoms with van der Waals surface area (Å²) in [7, 11) is 0. The average molecular weight is 410 g/mol. The van der Waals surface area contributed by atoms with Crippen molar-refractivity contribution in [2.75, 3.05) is 61.1 Å². The van der Waals surface area contributed by atoms with Crippen LogP contribution in [0.2, 0.25) is 0 Å². The van der Waals surface area contributed by atoms with Gasteiger partial charge in [0.2, 0.25) is 11.8 Å². The number of benzene rings is 1. The van der Waals surface area contributed by atoms with Gasteiger partial charge in [0, 0.05) is 50.9 Å². The Morgan fingerprint density at radius 2 is 1.93 bits per heavy atom. The summed E-state index contributed by atoms with van der Waals surface area (Å²) in [5.41, 5.74) is 1.84. The molecule has 2 aliphatic heterocycles. The van der Waals surface area contributed by atoms with E-state index in [4.69, 9.17) is 4.74 Å². The summed E-state index contributed by atoms with van der Waals surface area (Å²) in [6.45, 7) is 4.47. The van der Waals surface area contributed by atoms with Crippen LogP contribution in [-0.4, -0.2) is 67.9 Å². The van der Waals surface area contributed by atoms with Gasteiger partial charge in [0.05, 0.1) is 31.0 Å². The van der Waals surface area contributed by atoms with Crippen molar-refractivity contribution in [2.24, 2.45) is 5.92 Å². The second kappa shape index (κ2) is 9.53. The Labute approximate surface area is 175 Å². The Bertz CT molecular complexity index is 872. The van der Waals surface area contributed by atoms with Crippen molar-refractivity contribution in [2.45, 2.75) is 6.42 Å². The van der Waals surface area contributed by atoms with E-state index in [1.54, 1.807) is 11.1 Å². The molecule has 0 aliphatic carbocycles. The molecule has 2 aromatic rings. The SMILES string of the molecule is O=C(NCCNc1cc(N2CCOCC2)cnn1)C1CC(=O)N(c2ccccc2)C1. The van der Waals surface area contributed by atoms with Crippen molar-refractivity contribution in [3.63, 3.8) is 0 Å². The van der Waals surface area contributed by atoms with Crippen LogP contribution in [0, 0.1) is 5.92 Å². The average Bonchev–Trinajstić information content (AvgIpc) is 3.20. The lowest BCUT2D eigenvalue weighted by atomic mass is 10.1. The minimum absolute atomic E-state index is 0.0188. The smallest absolute Gasteiger partial charge is 0.227 e. The van der Waals surface area contributed by atoms with Crippen molar-refractivity contribution < 1.29 is 14.3 Å². The van der Waals surface area contributed by atoms with Crippen molar-refractivity contribution in [1.82, 2.24) is 15.5 Å². The quantitative estimate of drug-likeness (QED) is 0.654. The van der Waals surface area contributed by atoms with Gasteiger partial charge in [-0.15, -0.1) is 5.10 Å². The number of carbonyl (C=O) groups excluding carboxylic acids is 2. The summed E-state index contributed by atoms with van der Waals surface area (Å²) in [5.74, 6) is 0.216. The number of morpholine rings is 1. The Morgan fingerprint density at radius 1 is 1.13 bits per heavy atom. The number of ether oxygens (including phenoxy) is 1. The van der Waals surface area contributed by atoms with Crippen molar-refractivity contribution >= 4 is 29.0 Å². The van der Waals surface area contributed by atoms with Gasteiger partial charge in [-0.3, -0.25) is 9.59 Å². The molecule has 2 amide bonds. The van der Waals surface area contributed by atoms with Crippen molar-refractivity contribution in [3.8, 4) is 0 Å². The van der Waals surface area contributed by atoms with E-state index in [1.807, 2.05) is 36.4 Å². The first-order chi connectivity index (χ1) is 14.7. The number of carbonyl (C=O) groups is 2. The molecule has 9 heteroatoms. The second-order valence-electron chi connectivity index (χ2n) is 7.36. The zero-order valence-electron chi connectivity index (χ0n) is 16.8. The second-order valence-corrected chi connectivity index (χ2v) is 7.36. The number of nitrogens with zero attached hydrogens (tertiary/aromatic N) is 4. The number of para-hydroxylation sites is 1. The largest absolute Gasteiger partial charge is 0.378 e. The van der Waals surface area contributed by atoms with Gasteiger partial charge in [0.1, 0.15) is 0 Å². The van der Waals surface area contributed by atoms with Gasteiger partial charge in [-0.25, -0.2) is 0 Å². The molecule has 158 valence electrons. The van der Waals surface area contributed by atoms with E-state index in [1.165, 1.54) is 0 Å². The molecule has 1 aromatic carbocycles. The third kappa shape index (κ3) is 4.85. The molecular weight excluding hydrogens is 384 g/mol. The van der Waals surface area contributed by atoms with E-state index >= 15 is 0 Å². The molecule has 1 aromatic heterocycles. The van der Waals surface area contributed by atoms with Crippen molar-refractivity contribution in [3.05, 3.63) is 42.6 Å². The molecule has 2 aliphatic rings. The Balaban J connectivity index is 1.22. The summed E-state index contributed by atoms with van der Waals surface area (Å²) in [5, 5.41) is 14.3. The van der Waals surface area contributed by atoms with Crippen LogP contribution in [0.5, 0.6) is 0 Å². The van der Waals surface area contributed by atoms with Gasteiger partial charge in [0.25, 0.3) is 0 Å². The number of anilines is 3. The fourth-order valence-corrected chi connectivity index (χ4v) is 3.70.